The van der Waals surface area contributed by atoms with E-state index in [2.05, 4.69) is 30.3 Å². The Morgan fingerprint density at radius 1 is 1.21 bits per heavy atom. The van der Waals surface area contributed by atoms with Crippen LogP contribution < -0.4 is 0 Å². The van der Waals surface area contributed by atoms with Crippen LogP contribution in [0.5, 0.6) is 0 Å². The molecule has 0 aliphatic heterocycles. The van der Waals surface area contributed by atoms with Crippen LogP contribution >= 0.6 is 11.6 Å². The Labute approximate surface area is 118 Å². The summed E-state index contributed by atoms with van der Waals surface area (Å²) in [7, 11) is 0. The maximum atomic E-state index is 13.9. The first-order chi connectivity index (χ1) is 9.13. The van der Waals surface area contributed by atoms with Gasteiger partial charge >= 0.3 is 0 Å². The van der Waals surface area contributed by atoms with Crippen molar-refractivity contribution in [1.29, 1.82) is 0 Å². The minimum absolute atomic E-state index is 0.0350. The Balaban J connectivity index is 2.80. The maximum Gasteiger partial charge on any atom is 0.151 e. The van der Waals surface area contributed by atoms with E-state index >= 15 is 0 Å². The van der Waals surface area contributed by atoms with Gasteiger partial charge in [-0.2, -0.15) is 0 Å². The molecule has 19 heavy (non-hydrogen) atoms. The van der Waals surface area contributed by atoms with Crippen molar-refractivity contribution in [3.8, 4) is 0 Å². The molecule has 0 radical (unpaired) electrons. The van der Waals surface area contributed by atoms with Crippen LogP contribution in [-0.2, 0) is 11.4 Å². The second-order valence-electron chi connectivity index (χ2n) is 4.89. The van der Waals surface area contributed by atoms with Crippen LogP contribution in [0, 0.1) is 5.82 Å². The van der Waals surface area contributed by atoms with Crippen LogP contribution in [0.2, 0.25) is 0 Å². The molecule has 0 aliphatic rings. The van der Waals surface area contributed by atoms with E-state index in [0.717, 1.165) is 30.6 Å². The number of aromatic nitrogens is 2. The molecule has 1 aromatic carbocycles. The van der Waals surface area contributed by atoms with Crippen molar-refractivity contribution < 1.29 is 4.39 Å². The molecule has 0 amide bonds. The van der Waals surface area contributed by atoms with Crippen LogP contribution in [0.15, 0.2) is 18.2 Å². The lowest BCUT2D eigenvalue weighted by Crippen LogP contribution is -2.32. The Morgan fingerprint density at radius 3 is 2.37 bits per heavy atom. The van der Waals surface area contributed by atoms with E-state index in [9.17, 15) is 4.39 Å². The molecule has 2 aromatic rings. The molecule has 2 rings (SSSR count). The molecular formula is C15H20ClFN2. The molecule has 104 valence electrons. The smallest absolute Gasteiger partial charge is 0.151 e. The largest absolute Gasteiger partial charge is 0.321 e. The summed E-state index contributed by atoms with van der Waals surface area (Å²) in [5.74, 6) is 0.780. The van der Waals surface area contributed by atoms with E-state index in [1.54, 1.807) is 6.07 Å². The second kappa shape index (κ2) is 5.49. The van der Waals surface area contributed by atoms with E-state index in [1.807, 2.05) is 6.07 Å². The number of fused-ring (bicyclic) bond motifs is 1. The highest BCUT2D eigenvalue weighted by molar-refractivity contribution is 6.16. The summed E-state index contributed by atoms with van der Waals surface area (Å²) in [4.78, 5) is 4.40. The van der Waals surface area contributed by atoms with E-state index < -0.39 is 0 Å². The number of para-hydroxylation sites is 1. The van der Waals surface area contributed by atoms with Crippen molar-refractivity contribution in [1.82, 2.24) is 9.55 Å². The molecule has 0 spiro atoms. The maximum absolute atomic E-state index is 13.9. The van der Waals surface area contributed by atoms with Gasteiger partial charge in [0, 0.05) is 5.54 Å². The van der Waals surface area contributed by atoms with Crippen LogP contribution in [0.3, 0.4) is 0 Å². The Hall–Kier alpha value is -1.09. The van der Waals surface area contributed by atoms with Crippen molar-refractivity contribution in [2.45, 2.75) is 51.5 Å². The number of alkyl halides is 1. The van der Waals surface area contributed by atoms with E-state index in [0.29, 0.717) is 11.4 Å². The van der Waals surface area contributed by atoms with Crippen molar-refractivity contribution in [3.63, 3.8) is 0 Å². The molecule has 0 N–H and O–H groups in total. The molecular weight excluding hydrogens is 263 g/mol. The number of imidazole rings is 1. The number of rotatable bonds is 5. The van der Waals surface area contributed by atoms with Crippen molar-refractivity contribution in [2.24, 2.45) is 0 Å². The van der Waals surface area contributed by atoms with Gasteiger partial charge in [-0.15, -0.1) is 11.6 Å². The Bertz CT molecular complexity index is 565. The van der Waals surface area contributed by atoms with Gasteiger partial charge in [0.25, 0.3) is 0 Å². The van der Waals surface area contributed by atoms with Gasteiger partial charge in [0.15, 0.2) is 5.82 Å². The number of hydrogen-bond acceptors (Lipinski definition) is 1. The summed E-state index contributed by atoms with van der Waals surface area (Å²) < 4.78 is 16.0. The summed E-state index contributed by atoms with van der Waals surface area (Å²) >= 11 is 6.03. The zero-order valence-electron chi connectivity index (χ0n) is 11.7. The van der Waals surface area contributed by atoms with Crippen molar-refractivity contribution >= 4 is 22.6 Å². The number of halogens is 2. The SMILES string of the molecule is CCC(CC)(CC)n1c(CCl)nc2c(F)cccc21. The van der Waals surface area contributed by atoms with Gasteiger partial charge in [-0.05, 0) is 31.4 Å². The summed E-state index contributed by atoms with van der Waals surface area (Å²) in [6, 6.07) is 5.11. The normalized spacial score (nSPS) is 12.3. The topological polar surface area (TPSA) is 17.8 Å². The fourth-order valence-corrected chi connectivity index (χ4v) is 3.14. The van der Waals surface area contributed by atoms with Gasteiger partial charge < -0.3 is 4.57 Å². The third-order valence-corrected chi connectivity index (χ3v) is 4.51. The predicted octanol–water partition coefficient (Wildman–Crippen LogP) is 4.84. The first-order valence-electron chi connectivity index (χ1n) is 6.85. The van der Waals surface area contributed by atoms with Crippen molar-refractivity contribution in [2.75, 3.05) is 0 Å². The fourth-order valence-electron chi connectivity index (χ4n) is 2.96. The average molecular weight is 283 g/mol. The van der Waals surface area contributed by atoms with Crippen LogP contribution in [0.1, 0.15) is 45.9 Å². The Kier molecular flexibility index (Phi) is 4.14. The van der Waals surface area contributed by atoms with Gasteiger partial charge in [0.05, 0.1) is 11.4 Å². The number of hydrogen-bond donors (Lipinski definition) is 0. The number of benzene rings is 1. The minimum Gasteiger partial charge on any atom is -0.321 e. The molecule has 0 bridgehead atoms. The van der Waals surface area contributed by atoms with E-state index in [-0.39, 0.29) is 11.4 Å². The second-order valence-corrected chi connectivity index (χ2v) is 5.16. The van der Waals surface area contributed by atoms with Gasteiger partial charge in [-0.1, -0.05) is 26.8 Å². The van der Waals surface area contributed by atoms with Gasteiger partial charge in [-0.3, -0.25) is 0 Å². The molecule has 0 saturated carbocycles. The highest BCUT2D eigenvalue weighted by Crippen LogP contribution is 2.35. The van der Waals surface area contributed by atoms with Crippen molar-refractivity contribution in [3.05, 3.63) is 29.8 Å². The lowest BCUT2D eigenvalue weighted by Gasteiger charge is -2.34. The zero-order valence-corrected chi connectivity index (χ0v) is 12.5. The van der Waals surface area contributed by atoms with Crippen LogP contribution in [0.4, 0.5) is 4.39 Å². The monoisotopic (exact) mass is 282 g/mol. The summed E-state index contributed by atoms with van der Waals surface area (Å²) in [6.45, 7) is 6.49. The Morgan fingerprint density at radius 2 is 1.84 bits per heavy atom. The molecule has 0 aliphatic carbocycles. The zero-order chi connectivity index (χ0) is 14.0. The van der Waals surface area contributed by atoms with Gasteiger partial charge in [0.2, 0.25) is 0 Å². The highest BCUT2D eigenvalue weighted by atomic mass is 35.5. The third kappa shape index (κ3) is 2.14. The molecule has 4 heteroatoms. The summed E-state index contributed by atoms with van der Waals surface area (Å²) in [6.07, 6.45) is 2.93. The lowest BCUT2D eigenvalue weighted by molar-refractivity contribution is 0.252. The fraction of sp³-hybridized carbons (Fsp3) is 0.533. The van der Waals surface area contributed by atoms with Gasteiger partial charge in [0.1, 0.15) is 11.3 Å². The van der Waals surface area contributed by atoms with Crippen LogP contribution in [-0.4, -0.2) is 9.55 Å². The molecule has 1 heterocycles. The third-order valence-electron chi connectivity index (χ3n) is 4.27. The lowest BCUT2D eigenvalue weighted by atomic mass is 9.89. The molecule has 0 unspecified atom stereocenters. The predicted molar refractivity (Wildman–Crippen MR) is 78.1 cm³/mol. The molecule has 0 saturated heterocycles. The quantitative estimate of drug-likeness (QED) is 0.718. The molecule has 1 aromatic heterocycles. The first-order valence-corrected chi connectivity index (χ1v) is 7.39. The van der Waals surface area contributed by atoms with E-state index in [4.69, 9.17) is 11.6 Å². The minimum atomic E-state index is -0.278. The summed E-state index contributed by atoms with van der Waals surface area (Å²) in [5, 5.41) is 0. The molecule has 2 nitrogen and oxygen atoms in total. The summed E-state index contributed by atoms with van der Waals surface area (Å²) in [5.41, 5.74) is 1.24. The first kappa shape index (κ1) is 14.3. The standard InChI is InChI=1S/C15H20ClFN2/c1-4-15(5-2,6-3)19-12-9-7-8-11(17)14(12)18-13(19)10-16/h7-9H,4-6,10H2,1-3H3. The highest BCUT2D eigenvalue weighted by Gasteiger charge is 2.30. The van der Waals surface area contributed by atoms with Crippen LogP contribution in [0.25, 0.3) is 11.0 Å². The molecule has 0 fully saturated rings. The molecule has 0 atom stereocenters. The van der Waals surface area contributed by atoms with E-state index in [1.165, 1.54) is 6.07 Å². The average Bonchev–Trinajstić information content (AvgIpc) is 2.83. The van der Waals surface area contributed by atoms with Gasteiger partial charge in [-0.25, -0.2) is 9.37 Å². The number of nitrogens with zero attached hydrogens (tertiary/aromatic N) is 2.